The van der Waals surface area contributed by atoms with E-state index < -0.39 is 0 Å². The average molecular weight is 269 g/mol. The first kappa shape index (κ1) is 12.5. The number of aryl methyl sites for hydroxylation is 1. The number of tetrazole rings is 1. The molecule has 0 saturated carbocycles. The van der Waals surface area contributed by atoms with Crippen LogP contribution >= 0.6 is 23.1 Å². The van der Waals surface area contributed by atoms with Crippen LogP contribution in [-0.4, -0.2) is 32.5 Å². The predicted molar refractivity (Wildman–Crippen MR) is 70.2 cm³/mol. The normalized spacial score (nSPS) is 10.9. The number of nitrogens with one attached hydrogen (secondary N) is 1. The van der Waals surface area contributed by atoms with Gasteiger partial charge in [-0.25, -0.2) is 4.68 Å². The summed E-state index contributed by atoms with van der Waals surface area (Å²) in [6.45, 7) is 1.99. The van der Waals surface area contributed by atoms with Gasteiger partial charge in [0, 0.05) is 24.2 Å². The van der Waals surface area contributed by atoms with Crippen LogP contribution in [0.25, 0.3) is 0 Å². The maximum Gasteiger partial charge on any atom is 0.209 e. The molecule has 1 N–H and O–H groups in total. The lowest BCUT2D eigenvalue weighted by Gasteiger charge is -2.02. The number of rotatable bonds is 7. The minimum atomic E-state index is 0.878. The Morgan fingerprint density at radius 1 is 1.53 bits per heavy atom. The van der Waals surface area contributed by atoms with E-state index in [1.54, 1.807) is 27.8 Å². The number of hydrogen-bond acceptors (Lipinski definition) is 6. The first-order valence-corrected chi connectivity index (χ1v) is 7.31. The molecule has 2 rings (SSSR count). The van der Waals surface area contributed by atoms with Gasteiger partial charge in [0.15, 0.2) is 0 Å². The zero-order valence-electron chi connectivity index (χ0n) is 9.67. The fourth-order valence-electron chi connectivity index (χ4n) is 1.33. The molecule has 0 aliphatic carbocycles. The van der Waals surface area contributed by atoms with Gasteiger partial charge in [-0.3, -0.25) is 0 Å². The zero-order valence-corrected chi connectivity index (χ0v) is 11.3. The van der Waals surface area contributed by atoms with Crippen LogP contribution in [0, 0.1) is 0 Å². The van der Waals surface area contributed by atoms with Crippen LogP contribution in [0.3, 0.4) is 0 Å². The third-order valence-corrected chi connectivity index (χ3v) is 4.16. The van der Waals surface area contributed by atoms with Gasteiger partial charge in [-0.05, 0) is 34.8 Å². The summed E-state index contributed by atoms with van der Waals surface area (Å²) >= 11 is 3.48. The number of thiophene rings is 1. The third-order valence-electron chi connectivity index (χ3n) is 2.19. The fourth-order valence-corrected chi connectivity index (χ4v) is 2.79. The van der Waals surface area contributed by atoms with E-state index in [2.05, 4.69) is 38.4 Å². The second kappa shape index (κ2) is 6.73. The summed E-state index contributed by atoms with van der Waals surface area (Å²) in [7, 11) is 1.86. The van der Waals surface area contributed by atoms with Crippen molar-refractivity contribution in [2.45, 2.75) is 18.1 Å². The van der Waals surface area contributed by atoms with Gasteiger partial charge in [-0.2, -0.15) is 0 Å². The van der Waals surface area contributed by atoms with E-state index in [1.807, 2.05) is 7.05 Å². The minimum Gasteiger partial charge on any atom is -0.312 e. The molecule has 0 unspecified atom stereocenters. The summed E-state index contributed by atoms with van der Waals surface area (Å²) in [5, 5.41) is 17.7. The molecule has 0 aliphatic heterocycles. The Hall–Kier alpha value is -0.920. The molecule has 0 fully saturated rings. The Labute approximate surface area is 109 Å². The van der Waals surface area contributed by atoms with Crippen LogP contribution in [0.1, 0.15) is 11.3 Å². The van der Waals surface area contributed by atoms with E-state index in [-0.39, 0.29) is 0 Å². The standard InChI is InChI=1S/C10H15N5S2/c1-15-10(12-13-14-15)17-7-3-5-11-8-9-4-2-6-16-9/h2,4,6,11H,3,5,7-8H2,1H3. The van der Waals surface area contributed by atoms with E-state index in [9.17, 15) is 0 Å². The quantitative estimate of drug-likeness (QED) is 0.610. The Balaban J connectivity index is 1.54. The van der Waals surface area contributed by atoms with Gasteiger partial charge in [0.05, 0.1) is 0 Å². The molecule has 0 aromatic carbocycles. The molecule has 7 heteroatoms. The van der Waals surface area contributed by atoms with Crippen molar-refractivity contribution in [3.05, 3.63) is 22.4 Å². The van der Waals surface area contributed by atoms with Crippen molar-refractivity contribution < 1.29 is 0 Å². The number of nitrogens with zero attached hydrogens (tertiary/aromatic N) is 4. The average Bonchev–Trinajstić information content (AvgIpc) is 2.95. The second-order valence-corrected chi connectivity index (χ2v) is 5.64. The van der Waals surface area contributed by atoms with Crippen molar-refractivity contribution in [2.24, 2.45) is 7.05 Å². The minimum absolute atomic E-state index is 0.878. The van der Waals surface area contributed by atoms with E-state index in [1.165, 1.54) is 4.88 Å². The van der Waals surface area contributed by atoms with Crippen LogP contribution in [0.5, 0.6) is 0 Å². The zero-order chi connectivity index (χ0) is 11.9. The van der Waals surface area contributed by atoms with Crippen molar-refractivity contribution in [1.82, 2.24) is 25.5 Å². The van der Waals surface area contributed by atoms with Gasteiger partial charge in [0.2, 0.25) is 5.16 Å². The molecular formula is C10H15N5S2. The molecule has 92 valence electrons. The lowest BCUT2D eigenvalue weighted by molar-refractivity contribution is 0.661. The molecule has 5 nitrogen and oxygen atoms in total. The van der Waals surface area contributed by atoms with Crippen molar-refractivity contribution in [1.29, 1.82) is 0 Å². The van der Waals surface area contributed by atoms with Crippen molar-refractivity contribution in [3.63, 3.8) is 0 Å². The second-order valence-electron chi connectivity index (χ2n) is 3.54. The Morgan fingerprint density at radius 2 is 2.47 bits per heavy atom. The summed E-state index contributed by atoms with van der Waals surface area (Å²) in [6.07, 6.45) is 1.11. The molecule has 2 aromatic heterocycles. The van der Waals surface area contributed by atoms with Crippen molar-refractivity contribution in [2.75, 3.05) is 12.3 Å². The summed E-state index contributed by atoms with van der Waals surface area (Å²) in [6, 6.07) is 4.23. The third kappa shape index (κ3) is 4.10. The van der Waals surface area contributed by atoms with Crippen LogP contribution in [0.15, 0.2) is 22.7 Å². The lowest BCUT2D eigenvalue weighted by atomic mass is 10.4. The molecule has 0 saturated heterocycles. The number of hydrogen-bond donors (Lipinski definition) is 1. The monoisotopic (exact) mass is 269 g/mol. The molecule has 0 radical (unpaired) electrons. The van der Waals surface area contributed by atoms with E-state index in [0.29, 0.717) is 0 Å². The number of aromatic nitrogens is 4. The van der Waals surface area contributed by atoms with Gasteiger partial charge in [-0.15, -0.1) is 16.4 Å². The first-order chi connectivity index (χ1) is 8.36. The molecule has 2 aromatic rings. The summed E-state index contributed by atoms with van der Waals surface area (Å²) in [5.74, 6) is 1.03. The highest BCUT2D eigenvalue weighted by atomic mass is 32.2. The highest BCUT2D eigenvalue weighted by molar-refractivity contribution is 7.99. The Morgan fingerprint density at radius 3 is 3.18 bits per heavy atom. The molecule has 0 aliphatic rings. The predicted octanol–water partition coefficient (Wildman–Crippen LogP) is 1.54. The van der Waals surface area contributed by atoms with Gasteiger partial charge >= 0.3 is 0 Å². The summed E-state index contributed by atoms with van der Waals surface area (Å²) in [4.78, 5) is 1.38. The maximum absolute atomic E-state index is 3.92. The Bertz CT molecular complexity index is 426. The Kier molecular flexibility index (Phi) is 4.96. The highest BCUT2D eigenvalue weighted by Gasteiger charge is 2.01. The van der Waals surface area contributed by atoms with Gasteiger partial charge in [0.25, 0.3) is 0 Å². The fraction of sp³-hybridized carbons (Fsp3) is 0.500. The molecular weight excluding hydrogens is 254 g/mol. The van der Waals surface area contributed by atoms with E-state index in [4.69, 9.17) is 0 Å². The van der Waals surface area contributed by atoms with Gasteiger partial charge < -0.3 is 5.32 Å². The molecule has 0 atom stereocenters. The van der Waals surface area contributed by atoms with Crippen LogP contribution < -0.4 is 5.32 Å². The smallest absolute Gasteiger partial charge is 0.209 e. The lowest BCUT2D eigenvalue weighted by Crippen LogP contribution is -2.14. The maximum atomic E-state index is 3.92. The molecule has 17 heavy (non-hydrogen) atoms. The summed E-state index contributed by atoms with van der Waals surface area (Å²) in [5.41, 5.74) is 0. The molecule has 0 amide bonds. The SMILES string of the molecule is Cn1nnnc1SCCCNCc1cccs1. The van der Waals surface area contributed by atoms with Gasteiger partial charge in [0.1, 0.15) is 0 Å². The van der Waals surface area contributed by atoms with Gasteiger partial charge in [-0.1, -0.05) is 17.8 Å². The molecule has 0 bridgehead atoms. The molecule has 0 spiro atoms. The summed E-state index contributed by atoms with van der Waals surface area (Å²) < 4.78 is 1.70. The first-order valence-electron chi connectivity index (χ1n) is 5.44. The largest absolute Gasteiger partial charge is 0.312 e. The van der Waals surface area contributed by atoms with Crippen LogP contribution in [-0.2, 0) is 13.6 Å². The van der Waals surface area contributed by atoms with Crippen LogP contribution in [0.4, 0.5) is 0 Å². The topological polar surface area (TPSA) is 55.6 Å². The van der Waals surface area contributed by atoms with Crippen LogP contribution in [0.2, 0.25) is 0 Å². The van der Waals surface area contributed by atoms with E-state index >= 15 is 0 Å². The van der Waals surface area contributed by atoms with Crippen molar-refractivity contribution in [3.8, 4) is 0 Å². The van der Waals surface area contributed by atoms with E-state index in [0.717, 1.165) is 30.4 Å². The molecule has 2 heterocycles. The highest BCUT2D eigenvalue weighted by Crippen LogP contribution is 2.13. The van der Waals surface area contributed by atoms with Crippen molar-refractivity contribution >= 4 is 23.1 Å². The number of thioether (sulfide) groups is 1.